The molecule has 3 N–H and O–H groups in total. The largest absolute Gasteiger partial charge is 0.610 e. The van der Waals surface area contributed by atoms with Gasteiger partial charge in [0.05, 0.1) is 5.69 Å². The van der Waals surface area contributed by atoms with E-state index in [1.807, 2.05) is 0 Å². The lowest BCUT2D eigenvalue weighted by molar-refractivity contribution is -0.277. The third-order valence-electron chi connectivity index (χ3n) is 4.61. The number of hydrogen-bond acceptors (Lipinski definition) is 7. The zero-order chi connectivity index (χ0) is 22.3. The summed E-state index contributed by atoms with van der Waals surface area (Å²) in [6.07, 6.45) is -10.2. The fourth-order valence-corrected chi connectivity index (χ4v) is 4.25. The molecular formula is C16H16F6N4O3S. The van der Waals surface area contributed by atoms with E-state index in [2.05, 4.69) is 15.2 Å². The van der Waals surface area contributed by atoms with E-state index in [0.29, 0.717) is 6.07 Å². The van der Waals surface area contributed by atoms with Gasteiger partial charge in [0.25, 0.3) is 16.8 Å². The molecule has 3 rings (SSSR count). The quantitative estimate of drug-likeness (QED) is 0.457. The zero-order valence-electron chi connectivity index (χ0n) is 15.2. The average Bonchev–Trinajstić information content (AvgIpc) is 3.11. The first kappa shape index (κ1) is 22.6. The van der Waals surface area contributed by atoms with Gasteiger partial charge in [-0.3, -0.25) is 0 Å². The molecule has 14 heteroatoms. The molecule has 0 unspecified atom stereocenters. The predicted molar refractivity (Wildman–Crippen MR) is 91.3 cm³/mol. The van der Waals surface area contributed by atoms with Crippen LogP contribution in [0.1, 0.15) is 43.6 Å². The van der Waals surface area contributed by atoms with Crippen molar-refractivity contribution in [3.05, 3.63) is 17.5 Å². The minimum absolute atomic E-state index is 0.0835. The Morgan fingerprint density at radius 1 is 1.10 bits per heavy atom. The molecule has 0 aliphatic carbocycles. The summed E-state index contributed by atoms with van der Waals surface area (Å²) in [7, 11) is 0. The lowest BCUT2D eigenvalue weighted by atomic mass is 9.95. The highest BCUT2D eigenvalue weighted by atomic mass is 32.2. The summed E-state index contributed by atoms with van der Waals surface area (Å²) < 4.78 is 98.1. The molecule has 2 atom stereocenters. The highest BCUT2D eigenvalue weighted by Gasteiger charge is 2.58. The standard InChI is InChI=1S/C16H16F6N4O3S/c17-15(18,19)8-7-9(23)10-11-25-26-13(29-11)14(27,16(20,21)22)5-3-1-2-4-6-30(28)12(8)24-10/h7,27H,1-6,23H2/t14-,30-/m1/s1. The van der Waals surface area contributed by atoms with E-state index in [0.717, 1.165) is 0 Å². The van der Waals surface area contributed by atoms with E-state index in [-0.39, 0.29) is 31.4 Å². The number of rotatable bonds is 0. The normalized spacial score (nSPS) is 23.8. The molecule has 1 aliphatic heterocycles. The molecule has 0 radical (unpaired) electrons. The summed E-state index contributed by atoms with van der Waals surface area (Å²) in [5.74, 6) is -2.09. The Kier molecular flexibility index (Phi) is 5.95. The predicted octanol–water partition coefficient (Wildman–Crippen LogP) is 3.55. The minimum atomic E-state index is -5.14. The summed E-state index contributed by atoms with van der Waals surface area (Å²) >= 11 is -2.15. The van der Waals surface area contributed by atoms with E-state index in [1.165, 1.54) is 0 Å². The van der Waals surface area contributed by atoms with Gasteiger partial charge < -0.3 is 19.8 Å². The van der Waals surface area contributed by atoms with Crippen molar-refractivity contribution in [2.24, 2.45) is 0 Å². The van der Waals surface area contributed by atoms with Crippen LogP contribution in [-0.2, 0) is 23.0 Å². The van der Waals surface area contributed by atoms with Crippen molar-refractivity contribution in [3.63, 3.8) is 0 Å². The smallest absolute Gasteiger partial charge is 0.426 e. The van der Waals surface area contributed by atoms with Gasteiger partial charge in [-0.25, -0.2) is 0 Å². The van der Waals surface area contributed by atoms with Crippen LogP contribution >= 0.6 is 0 Å². The Morgan fingerprint density at radius 2 is 1.77 bits per heavy atom. The third-order valence-corrected chi connectivity index (χ3v) is 6.01. The molecule has 2 aromatic heterocycles. The number of aliphatic hydroxyl groups is 1. The molecule has 2 aromatic rings. The second-order valence-electron chi connectivity index (χ2n) is 6.76. The van der Waals surface area contributed by atoms with E-state index < -0.39 is 69.3 Å². The van der Waals surface area contributed by atoms with Crippen LogP contribution in [0.2, 0.25) is 0 Å². The van der Waals surface area contributed by atoms with Gasteiger partial charge in [0.15, 0.2) is 5.69 Å². The number of aromatic nitrogens is 3. The number of hydrogen-bond donors (Lipinski definition) is 2. The molecule has 7 nitrogen and oxygen atoms in total. The van der Waals surface area contributed by atoms with E-state index in [9.17, 15) is 36.0 Å². The Balaban J connectivity index is 2.19. The molecule has 1 aliphatic rings. The van der Waals surface area contributed by atoms with Crippen molar-refractivity contribution in [2.45, 2.75) is 55.1 Å². The second kappa shape index (κ2) is 7.89. The average molecular weight is 458 g/mol. The highest BCUT2D eigenvalue weighted by Crippen LogP contribution is 2.44. The maximum Gasteiger partial charge on any atom is 0.426 e. The molecule has 0 saturated heterocycles. The van der Waals surface area contributed by atoms with E-state index in [1.54, 1.807) is 0 Å². The van der Waals surface area contributed by atoms with Gasteiger partial charge in [0, 0.05) is 11.2 Å². The number of anilines is 1. The van der Waals surface area contributed by atoms with Gasteiger partial charge in [0.2, 0.25) is 5.60 Å². The molecule has 30 heavy (non-hydrogen) atoms. The molecule has 166 valence electrons. The van der Waals surface area contributed by atoms with Crippen molar-refractivity contribution in [1.82, 2.24) is 15.2 Å². The van der Waals surface area contributed by atoms with Crippen LogP contribution in [-0.4, -0.2) is 36.8 Å². The minimum Gasteiger partial charge on any atom is -0.610 e. The first-order chi connectivity index (χ1) is 13.8. The Labute approximate surface area is 168 Å². The molecule has 0 saturated carbocycles. The highest BCUT2D eigenvalue weighted by molar-refractivity contribution is 7.91. The fraction of sp³-hybridized carbons (Fsp3) is 0.562. The van der Waals surface area contributed by atoms with E-state index >= 15 is 0 Å². The summed E-state index contributed by atoms with van der Waals surface area (Å²) in [5.41, 5.74) is -0.321. The maximum atomic E-state index is 13.5. The SMILES string of the molecule is Nc1cc(C(F)(F)F)c2nc1-c1nnc(o1)[C@@](O)(C(F)(F)F)CCCCCC[S@@+]2[O-]. The monoisotopic (exact) mass is 458 g/mol. The Hall–Kier alpha value is -2.06. The number of nitrogen functional groups attached to an aromatic ring is 1. The number of fused-ring (bicyclic) bond motifs is 5. The topological polar surface area (TPSA) is 121 Å². The number of halogens is 6. The lowest BCUT2D eigenvalue weighted by Crippen LogP contribution is -2.42. The van der Waals surface area contributed by atoms with Crippen LogP contribution in [0.5, 0.6) is 0 Å². The molecule has 0 aromatic carbocycles. The maximum absolute atomic E-state index is 13.5. The molecule has 4 bridgehead atoms. The fourth-order valence-electron chi connectivity index (χ4n) is 2.98. The van der Waals surface area contributed by atoms with E-state index in [4.69, 9.17) is 10.2 Å². The van der Waals surface area contributed by atoms with Crippen molar-refractivity contribution in [1.29, 1.82) is 0 Å². The summed E-state index contributed by atoms with van der Waals surface area (Å²) in [4.78, 5) is 3.66. The van der Waals surface area contributed by atoms with Crippen LogP contribution in [0.25, 0.3) is 11.6 Å². The molecule has 0 spiro atoms. The van der Waals surface area contributed by atoms with Crippen molar-refractivity contribution in [3.8, 4) is 11.6 Å². The number of nitrogens with two attached hydrogens (primary N) is 1. The van der Waals surface area contributed by atoms with Gasteiger partial charge in [-0.15, -0.1) is 10.2 Å². The molecule has 0 fully saturated rings. The Morgan fingerprint density at radius 3 is 2.40 bits per heavy atom. The van der Waals surface area contributed by atoms with Gasteiger partial charge in [-0.05, 0) is 31.7 Å². The second-order valence-corrected chi connectivity index (χ2v) is 8.25. The molecule has 0 amide bonds. The number of pyridine rings is 1. The van der Waals surface area contributed by atoms with Crippen LogP contribution in [0.15, 0.2) is 15.5 Å². The lowest BCUT2D eigenvalue weighted by Gasteiger charge is -2.27. The van der Waals surface area contributed by atoms with Gasteiger partial charge >= 0.3 is 12.4 Å². The number of nitrogens with zero attached hydrogens (tertiary/aromatic N) is 3. The van der Waals surface area contributed by atoms with Crippen LogP contribution in [0, 0.1) is 0 Å². The van der Waals surface area contributed by atoms with Crippen LogP contribution < -0.4 is 5.73 Å². The van der Waals surface area contributed by atoms with Crippen molar-refractivity contribution in [2.75, 3.05) is 11.5 Å². The first-order valence-electron chi connectivity index (χ1n) is 8.74. The Bertz CT molecular complexity index is 919. The van der Waals surface area contributed by atoms with Gasteiger partial charge in [-0.1, -0.05) is 6.42 Å². The third kappa shape index (κ3) is 4.21. The van der Waals surface area contributed by atoms with Crippen LogP contribution in [0.4, 0.5) is 32.0 Å². The van der Waals surface area contributed by atoms with Gasteiger partial charge in [0.1, 0.15) is 11.3 Å². The summed E-state index contributed by atoms with van der Waals surface area (Å²) in [6, 6.07) is 0.473. The number of alkyl halides is 6. The molecular weight excluding hydrogens is 442 g/mol. The van der Waals surface area contributed by atoms with Crippen molar-refractivity contribution < 1.29 is 40.4 Å². The first-order valence-corrected chi connectivity index (χ1v) is 10.1. The van der Waals surface area contributed by atoms with Crippen molar-refractivity contribution >= 4 is 16.9 Å². The summed E-state index contributed by atoms with van der Waals surface area (Å²) in [6.45, 7) is 0. The van der Waals surface area contributed by atoms with Gasteiger partial charge in [-0.2, -0.15) is 31.3 Å². The summed E-state index contributed by atoms with van der Waals surface area (Å²) in [5, 5.41) is 16.0. The zero-order valence-corrected chi connectivity index (χ0v) is 16.0. The van der Waals surface area contributed by atoms with Crippen LogP contribution in [0.3, 0.4) is 0 Å². The molecule has 3 heterocycles.